The molecule has 1 aromatic heterocycles. The number of rotatable bonds is 5. The zero-order valence-corrected chi connectivity index (χ0v) is 20.9. The van der Waals surface area contributed by atoms with Crippen molar-refractivity contribution >= 4 is 5.71 Å². The SMILES string of the molecule is C=CC1=NC(C=C)C(C2c3ccccc3-c3cc(-c4ccccc4)c(C(C)C)c[n+]32)c2ccccc21. The lowest BCUT2D eigenvalue weighted by atomic mass is 9.77. The summed E-state index contributed by atoms with van der Waals surface area (Å²) in [6, 6.07) is 30.8. The van der Waals surface area contributed by atoms with E-state index in [1.807, 2.05) is 12.2 Å². The molecule has 2 heteroatoms. The van der Waals surface area contributed by atoms with Gasteiger partial charge in [-0.05, 0) is 34.8 Å². The molecule has 3 unspecified atom stereocenters. The molecule has 2 aliphatic rings. The van der Waals surface area contributed by atoms with Gasteiger partial charge in [0.1, 0.15) is 0 Å². The molecule has 0 fully saturated rings. The van der Waals surface area contributed by atoms with Crippen LogP contribution in [0.1, 0.15) is 54.0 Å². The monoisotopic (exact) mass is 467 g/mol. The van der Waals surface area contributed by atoms with E-state index in [0.717, 1.165) is 5.71 Å². The number of aromatic nitrogens is 1. The van der Waals surface area contributed by atoms with Gasteiger partial charge in [-0.15, -0.1) is 6.58 Å². The maximum atomic E-state index is 5.12. The van der Waals surface area contributed by atoms with Crippen LogP contribution in [-0.4, -0.2) is 11.8 Å². The lowest BCUT2D eigenvalue weighted by Gasteiger charge is -2.31. The smallest absolute Gasteiger partial charge is 0.214 e. The van der Waals surface area contributed by atoms with Gasteiger partial charge in [-0.25, -0.2) is 0 Å². The number of benzene rings is 3. The molecule has 0 aliphatic carbocycles. The number of pyridine rings is 1. The van der Waals surface area contributed by atoms with Crippen LogP contribution in [0.4, 0.5) is 0 Å². The van der Waals surface area contributed by atoms with Gasteiger partial charge in [-0.1, -0.05) is 99.3 Å². The first-order chi connectivity index (χ1) is 17.6. The van der Waals surface area contributed by atoms with E-state index in [1.54, 1.807) is 0 Å². The van der Waals surface area contributed by atoms with Crippen molar-refractivity contribution < 1.29 is 4.57 Å². The Bertz CT molecular complexity index is 1510. The van der Waals surface area contributed by atoms with Crippen LogP contribution in [-0.2, 0) is 0 Å². The summed E-state index contributed by atoms with van der Waals surface area (Å²) in [6.07, 6.45) is 6.29. The van der Waals surface area contributed by atoms with Gasteiger partial charge in [0.25, 0.3) is 0 Å². The van der Waals surface area contributed by atoms with Crippen LogP contribution < -0.4 is 4.57 Å². The van der Waals surface area contributed by atoms with Crippen LogP contribution >= 0.6 is 0 Å². The van der Waals surface area contributed by atoms with Gasteiger partial charge < -0.3 is 0 Å². The van der Waals surface area contributed by atoms with E-state index in [0.29, 0.717) is 5.92 Å². The molecule has 0 N–H and O–H groups in total. The van der Waals surface area contributed by atoms with Gasteiger partial charge >= 0.3 is 0 Å². The molecule has 0 radical (unpaired) electrons. The summed E-state index contributed by atoms with van der Waals surface area (Å²) in [7, 11) is 0. The van der Waals surface area contributed by atoms with Gasteiger partial charge in [-0.2, -0.15) is 4.57 Å². The highest BCUT2D eigenvalue weighted by Crippen LogP contribution is 2.47. The summed E-state index contributed by atoms with van der Waals surface area (Å²) in [5.74, 6) is 0.527. The fourth-order valence-electron chi connectivity index (χ4n) is 6.10. The Morgan fingerprint density at radius 2 is 1.47 bits per heavy atom. The molecule has 36 heavy (non-hydrogen) atoms. The van der Waals surface area contributed by atoms with Crippen molar-refractivity contribution in [3.8, 4) is 22.4 Å². The lowest BCUT2D eigenvalue weighted by Crippen LogP contribution is -2.45. The van der Waals surface area contributed by atoms with Crippen LogP contribution in [0.15, 0.2) is 121 Å². The quantitative estimate of drug-likeness (QED) is 0.212. The Labute approximate surface area is 214 Å². The Morgan fingerprint density at radius 1 is 0.806 bits per heavy atom. The van der Waals surface area contributed by atoms with Crippen molar-refractivity contribution in [3.63, 3.8) is 0 Å². The average molecular weight is 468 g/mol. The molecule has 0 spiro atoms. The zero-order valence-electron chi connectivity index (χ0n) is 20.9. The highest BCUT2D eigenvalue weighted by molar-refractivity contribution is 6.10. The Hall–Kier alpha value is -4.04. The third-order valence-electron chi connectivity index (χ3n) is 7.74. The first-order valence-electron chi connectivity index (χ1n) is 12.8. The molecule has 3 heterocycles. The Balaban J connectivity index is 1.63. The maximum absolute atomic E-state index is 5.12. The first-order valence-corrected chi connectivity index (χ1v) is 12.8. The van der Waals surface area contributed by atoms with Crippen LogP contribution in [0.25, 0.3) is 22.4 Å². The highest BCUT2D eigenvalue weighted by Gasteiger charge is 2.47. The summed E-state index contributed by atoms with van der Waals surface area (Å²) in [4.78, 5) is 5.12. The van der Waals surface area contributed by atoms with Crippen molar-refractivity contribution in [1.82, 2.24) is 0 Å². The number of hydrogen-bond donors (Lipinski definition) is 0. The summed E-state index contributed by atoms with van der Waals surface area (Å²) in [5, 5.41) is 0. The normalized spacial score (nSPS) is 19.8. The molecule has 0 saturated carbocycles. The second-order valence-electron chi connectivity index (χ2n) is 10.0. The number of nitrogens with zero attached hydrogens (tertiary/aromatic N) is 2. The number of aliphatic imine (C=N–C) groups is 1. The van der Waals surface area contributed by atoms with Crippen molar-refractivity contribution in [2.45, 2.75) is 37.8 Å². The topological polar surface area (TPSA) is 16.2 Å². The molecule has 2 aliphatic heterocycles. The van der Waals surface area contributed by atoms with Crippen LogP contribution in [0.3, 0.4) is 0 Å². The first kappa shape index (κ1) is 22.4. The molecule has 176 valence electrons. The predicted octanol–water partition coefficient (Wildman–Crippen LogP) is 7.66. The standard InChI is InChI=1S/C34H31N2/c1-5-30-24-16-10-12-18-26(24)33(31(6-2)35-30)34-27-19-13-11-17-25(27)32-20-28(23-14-8-7-9-15-23)29(22(3)4)21-36(32)34/h5-22,31,33-34H,1-2H2,3-4H3/q+1. The lowest BCUT2D eigenvalue weighted by molar-refractivity contribution is -0.701. The molecule has 3 atom stereocenters. The fourth-order valence-corrected chi connectivity index (χ4v) is 6.10. The van der Waals surface area contributed by atoms with E-state index in [4.69, 9.17) is 4.99 Å². The van der Waals surface area contributed by atoms with Gasteiger partial charge in [0.15, 0.2) is 12.2 Å². The van der Waals surface area contributed by atoms with Gasteiger partial charge in [0, 0.05) is 22.8 Å². The van der Waals surface area contributed by atoms with Gasteiger partial charge in [0.05, 0.1) is 23.2 Å². The molecular weight excluding hydrogens is 436 g/mol. The van der Waals surface area contributed by atoms with Gasteiger partial charge in [0.2, 0.25) is 5.69 Å². The zero-order chi connectivity index (χ0) is 24.8. The minimum absolute atomic E-state index is 0.0410. The molecular formula is C34H31N2+. The summed E-state index contributed by atoms with van der Waals surface area (Å²) >= 11 is 0. The van der Waals surface area contributed by atoms with Crippen molar-refractivity contribution in [3.05, 3.63) is 139 Å². The van der Waals surface area contributed by atoms with Crippen LogP contribution in [0.5, 0.6) is 0 Å². The average Bonchev–Trinajstić information content (AvgIpc) is 3.25. The molecule has 6 rings (SSSR count). The van der Waals surface area contributed by atoms with E-state index >= 15 is 0 Å². The van der Waals surface area contributed by atoms with E-state index < -0.39 is 0 Å². The fraction of sp³-hybridized carbons (Fsp3) is 0.176. The minimum atomic E-state index is -0.0410. The number of fused-ring (bicyclic) bond motifs is 4. The van der Waals surface area contributed by atoms with Crippen molar-refractivity contribution in [2.24, 2.45) is 4.99 Å². The summed E-state index contributed by atoms with van der Waals surface area (Å²) in [6.45, 7) is 12.8. The Kier molecular flexibility index (Phi) is 5.53. The largest absolute Gasteiger partial charge is 0.276 e. The minimum Gasteiger partial charge on any atom is -0.276 e. The molecule has 0 bridgehead atoms. The maximum Gasteiger partial charge on any atom is 0.214 e. The summed E-state index contributed by atoms with van der Waals surface area (Å²) in [5.41, 5.74) is 11.3. The third-order valence-corrected chi connectivity index (χ3v) is 7.74. The molecule has 2 nitrogen and oxygen atoms in total. The predicted molar refractivity (Wildman–Crippen MR) is 150 cm³/mol. The molecule has 4 aromatic rings. The van der Waals surface area contributed by atoms with Crippen LogP contribution in [0, 0.1) is 0 Å². The van der Waals surface area contributed by atoms with Crippen LogP contribution in [0.2, 0.25) is 0 Å². The second-order valence-corrected chi connectivity index (χ2v) is 10.0. The molecule has 0 amide bonds. The molecule has 3 aromatic carbocycles. The second kappa shape index (κ2) is 8.87. The molecule has 0 saturated heterocycles. The Morgan fingerprint density at radius 3 is 2.17 bits per heavy atom. The van der Waals surface area contributed by atoms with E-state index in [1.165, 1.54) is 44.6 Å². The highest BCUT2D eigenvalue weighted by atomic mass is 15.1. The third kappa shape index (κ3) is 3.40. The van der Waals surface area contributed by atoms with Crippen molar-refractivity contribution in [1.29, 1.82) is 0 Å². The number of hydrogen-bond acceptors (Lipinski definition) is 1. The van der Waals surface area contributed by atoms with E-state index in [-0.39, 0.29) is 18.0 Å². The van der Waals surface area contributed by atoms with Gasteiger partial charge in [-0.3, -0.25) is 4.99 Å². The van der Waals surface area contributed by atoms with E-state index in [9.17, 15) is 0 Å². The number of allylic oxidation sites excluding steroid dienone is 1. The summed E-state index contributed by atoms with van der Waals surface area (Å²) < 4.78 is 2.51. The van der Waals surface area contributed by atoms with E-state index in [2.05, 4.69) is 123 Å². The van der Waals surface area contributed by atoms with Crippen molar-refractivity contribution in [2.75, 3.05) is 0 Å².